The summed E-state index contributed by atoms with van der Waals surface area (Å²) < 4.78 is 5.49. The first-order valence-corrected chi connectivity index (χ1v) is 38.9. The summed E-state index contributed by atoms with van der Waals surface area (Å²) in [4.78, 5) is 182. The van der Waals surface area contributed by atoms with Gasteiger partial charge in [0.2, 0.25) is 70.9 Å². The number of carbonyl (C=O) groups is 13. The van der Waals surface area contributed by atoms with E-state index in [1.54, 1.807) is 24.3 Å². The minimum absolute atomic E-state index is 0.0171. The van der Waals surface area contributed by atoms with Crippen LogP contribution in [-0.2, 0) is 73.7 Å². The maximum absolute atomic E-state index is 14.3. The van der Waals surface area contributed by atoms with Crippen LogP contribution >= 0.6 is 21.6 Å². The summed E-state index contributed by atoms with van der Waals surface area (Å²) in [6.07, 6.45) is 4.96. The Kier molecular flexibility index (Phi) is 36.7. The molecule has 28 heteroatoms. The van der Waals surface area contributed by atoms with Gasteiger partial charge in [0.25, 0.3) is 0 Å². The summed E-state index contributed by atoms with van der Waals surface area (Å²) in [7, 11) is 3.77. The van der Waals surface area contributed by atoms with Crippen LogP contribution in [0.3, 0.4) is 0 Å². The van der Waals surface area contributed by atoms with Crippen LogP contribution in [0.25, 0.3) is 0 Å². The summed E-state index contributed by atoms with van der Waals surface area (Å²) in [5.74, 6) is -8.48. The minimum Gasteiger partial charge on any atom is -0.459 e. The molecule has 1 aliphatic rings. The molecule has 0 bridgehead atoms. The van der Waals surface area contributed by atoms with E-state index < -0.39 is 140 Å². The Balaban J connectivity index is 2.23. The predicted octanol–water partition coefficient (Wildman–Crippen LogP) is 7.00. The lowest BCUT2D eigenvalue weighted by atomic mass is 9.95. The van der Waals surface area contributed by atoms with Gasteiger partial charge in [0.1, 0.15) is 76.1 Å². The van der Waals surface area contributed by atoms with Crippen LogP contribution in [0.15, 0.2) is 30.3 Å². The van der Waals surface area contributed by atoms with Gasteiger partial charge in [-0.2, -0.15) is 0 Å². The predicted molar refractivity (Wildman–Crippen MR) is 405 cm³/mol. The van der Waals surface area contributed by atoms with Gasteiger partial charge in [0, 0.05) is 17.4 Å². The number of hydrogen-bond donors (Lipinski definition) is 12. The zero-order chi connectivity index (χ0) is 78.9. The molecule has 12 amide bonds. The first kappa shape index (κ1) is 92.1. The molecule has 7 atom stereocenters. The Labute approximate surface area is 621 Å². The van der Waals surface area contributed by atoms with E-state index in [0.29, 0.717) is 18.1 Å². The Bertz CT molecular complexity index is 3050. The molecular formula is C75H128N12O14S2. The van der Waals surface area contributed by atoms with Crippen LogP contribution in [0, 0.1) is 35.5 Å². The molecule has 584 valence electrons. The molecule has 2 rings (SSSR count). The van der Waals surface area contributed by atoms with Crippen molar-refractivity contribution < 1.29 is 67.1 Å². The number of ether oxygens (including phenoxy) is 1. The normalized spacial score (nSPS) is 15.6. The Morgan fingerprint density at radius 2 is 0.641 bits per heavy atom. The first-order chi connectivity index (χ1) is 47.3. The summed E-state index contributed by atoms with van der Waals surface area (Å²) in [5, 5.41) is 33.6. The van der Waals surface area contributed by atoms with E-state index >= 15 is 0 Å². The van der Waals surface area contributed by atoms with E-state index in [-0.39, 0.29) is 86.5 Å². The van der Waals surface area contributed by atoms with Gasteiger partial charge < -0.3 is 68.5 Å². The molecular weight excluding hydrogens is 1360 g/mol. The molecule has 1 aromatic rings. The number of esters is 1. The Morgan fingerprint density at radius 3 is 0.893 bits per heavy atom. The van der Waals surface area contributed by atoms with E-state index in [1.807, 2.05) is 111 Å². The number of carbonyl (C=O) groups excluding carboxylic acids is 13. The van der Waals surface area contributed by atoms with Crippen LogP contribution in [0.5, 0.6) is 0 Å². The SMILES string of the molecule is CC(C)C[C@H](NC(=O)CCCCC1CCSS1)C(=O)NC(C)(C)C(=O)N[C@@H](CC(C)C)C(=O)NC(C)(C)C(=O)N[C@@H](CC(C)C)C(=O)NC(C)(C)C(=O)N[C@@H](CC(C)C)C(=O)NC(C)(C)C(=O)N[C@@H](CC(C)C)C(=O)NC(C)(C)C(=O)N[C@@H](CC(C)C)C(=O)NC(C)(C)C(=O)OCc1ccccc1. The van der Waals surface area contributed by atoms with Crippen LogP contribution in [0.4, 0.5) is 0 Å². The second-order valence-corrected chi connectivity index (χ2v) is 36.1. The zero-order valence-corrected chi connectivity index (χ0v) is 67.7. The summed E-state index contributed by atoms with van der Waals surface area (Å²) >= 11 is 0. The second-order valence-electron chi connectivity index (χ2n) is 33.3. The Morgan fingerprint density at radius 1 is 0.379 bits per heavy atom. The molecule has 26 nitrogen and oxygen atoms in total. The van der Waals surface area contributed by atoms with Crippen LogP contribution < -0.4 is 63.8 Å². The number of amides is 12. The van der Waals surface area contributed by atoms with Crippen molar-refractivity contribution >= 4 is 98.4 Å². The second kappa shape index (κ2) is 41.1. The number of rotatable bonds is 43. The van der Waals surface area contributed by atoms with E-state index in [0.717, 1.165) is 30.6 Å². The molecule has 103 heavy (non-hydrogen) atoms. The van der Waals surface area contributed by atoms with Gasteiger partial charge in [-0.15, -0.1) is 0 Å². The molecule has 0 aliphatic carbocycles. The Hall–Kier alpha value is -6.97. The zero-order valence-electron chi connectivity index (χ0n) is 66.1. The number of nitrogens with one attached hydrogen (secondary N) is 12. The van der Waals surface area contributed by atoms with Crippen molar-refractivity contribution in [2.75, 3.05) is 5.75 Å². The third-order valence-electron chi connectivity index (χ3n) is 17.1. The lowest BCUT2D eigenvalue weighted by Crippen LogP contribution is -2.66. The molecule has 0 aromatic heterocycles. The molecule has 0 saturated carbocycles. The quantitative estimate of drug-likeness (QED) is 0.0178. The molecule has 1 unspecified atom stereocenters. The van der Waals surface area contributed by atoms with Crippen molar-refractivity contribution in [3.8, 4) is 0 Å². The van der Waals surface area contributed by atoms with Gasteiger partial charge >= 0.3 is 5.97 Å². The summed E-state index contributed by atoms with van der Waals surface area (Å²) in [6, 6.07) is 2.05. The van der Waals surface area contributed by atoms with Gasteiger partial charge in [0.15, 0.2) is 0 Å². The fourth-order valence-electron chi connectivity index (χ4n) is 11.0. The van der Waals surface area contributed by atoms with Crippen LogP contribution in [0.2, 0.25) is 0 Å². The van der Waals surface area contributed by atoms with Crippen molar-refractivity contribution in [1.82, 2.24) is 63.8 Å². The standard InChI is InChI=1S/C75H128N12O14S2/c1-43(2)36-51(76-57(88)33-29-28-32-50-34-35-102-103-50)58(89)82-70(13,14)64(95)77-52(37-44(3)4)59(90)83-71(15,16)65(96)78-53(38-45(5)6)60(91)84-72(17,18)66(97)79-54(39-46(7)8)61(92)85-73(19,20)67(98)80-55(40-47(9)10)62(93)86-74(21,22)68(99)81-56(41-48(11)12)63(94)87-75(23,24)69(100)101-42-49-30-26-25-27-31-49/h25-27,30-31,43-48,50-56H,28-29,32-42H2,1-24H3,(H,76,88)(H,77,95)(H,78,96)(H,79,97)(H,80,98)(H,81,99)(H,82,89)(H,83,90)(H,84,91)(H,85,92)(H,86,93)(H,87,94)/t50?,51-,52-,53-,54-,55-,56-/m0/s1. The smallest absolute Gasteiger partial charge is 0.331 e. The van der Waals surface area contributed by atoms with Crippen molar-refractivity contribution in [2.24, 2.45) is 35.5 Å². The number of hydrogen-bond acceptors (Lipinski definition) is 16. The summed E-state index contributed by atoms with van der Waals surface area (Å²) in [6.45, 7) is 39.6. The molecule has 1 saturated heterocycles. The highest BCUT2D eigenvalue weighted by atomic mass is 33.1. The van der Waals surface area contributed by atoms with Gasteiger partial charge in [0.05, 0.1) is 0 Å². The maximum atomic E-state index is 14.3. The van der Waals surface area contributed by atoms with Gasteiger partial charge in [-0.1, -0.05) is 141 Å². The average molecular weight is 1490 g/mol. The largest absolute Gasteiger partial charge is 0.459 e. The highest BCUT2D eigenvalue weighted by Crippen LogP contribution is 2.40. The number of unbranched alkanes of at least 4 members (excludes halogenated alkanes) is 1. The first-order valence-electron chi connectivity index (χ1n) is 36.6. The van der Waals surface area contributed by atoms with Crippen LogP contribution in [-0.4, -0.2) is 157 Å². The summed E-state index contributed by atoms with van der Waals surface area (Å²) in [5.41, 5.74) is -9.09. The van der Waals surface area contributed by atoms with Crippen molar-refractivity contribution in [3.05, 3.63) is 35.9 Å². The van der Waals surface area contributed by atoms with E-state index in [4.69, 9.17) is 4.74 Å². The van der Waals surface area contributed by atoms with E-state index in [9.17, 15) is 62.3 Å². The average Bonchev–Trinajstić information content (AvgIpc) is 1.05. The van der Waals surface area contributed by atoms with Gasteiger partial charge in [-0.3, -0.25) is 57.5 Å². The van der Waals surface area contributed by atoms with Crippen molar-refractivity contribution in [2.45, 2.75) is 318 Å². The number of benzene rings is 1. The molecule has 1 heterocycles. The highest BCUT2D eigenvalue weighted by molar-refractivity contribution is 8.77. The third-order valence-corrected chi connectivity index (χ3v) is 20.1. The molecule has 0 radical (unpaired) electrons. The maximum Gasteiger partial charge on any atom is 0.331 e. The van der Waals surface area contributed by atoms with E-state index in [2.05, 4.69) is 63.8 Å². The lowest BCUT2D eigenvalue weighted by Gasteiger charge is -2.34. The van der Waals surface area contributed by atoms with Gasteiger partial charge in [-0.05, 0) is 182 Å². The van der Waals surface area contributed by atoms with Crippen LogP contribution in [0.1, 0.15) is 242 Å². The molecule has 12 N–H and O–H groups in total. The van der Waals surface area contributed by atoms with Crippen molar-refractivity contribution in [3.63, 3.8) is 0 Å². The monoisotopic (exact) mass is 1480 g/mol. The van der Waals surface area contributed by atoms with E-state index in [1.165, 1.54) is 83.1 Å². The van der Waals surface area contributed by atoms with Crippen molar-refractivity contribution in [1.29, 1.82) is 0 Å². The topological polar surface area (TPSA) is 375 Å². The fourth-order valence-corrected chi connectivity index (χ4v) is 14.0. The molecule has 1 aromatic carbocycles. The molecule has 1 fully saturated rings. The lowest BCUT2D eigenvalue weighted by molar-refractivity contribution is -0.154. The van der Waals surface area contributed by atoms with Gasteiger partial charge in [-0.25, -0.2) is 4.79 Å². The third kappa shape index (κ3) is 32.9. The fraction of sp³-hybridized carbons (Fsp3) is 0.747. The molecule has 1 aliphatic heterocycles. The molecule has 0 spiro atoms. The minimum atomic E-state index is -1.73. The highest BCUT2D eigenvalue weighted by Gasteiger charge is 2.44.